The molecule has 9 rings (SSSR count). The third-order valence-electron chi connectivity index (χ3n) is 8.77. The van der Waals surface area contributed by atoms with Gasteiger partial charge in [0.15, 0.2) is 0 Å². The number of rotatable bonds is 4. The number of imidazole rings is 1. The molecule has 0 saturated carbocycles. The lowest BCUT2D eigenvalue weighted by Gasteiger charge is -2.20. The summed E-state index contributed by atoms with van der Waals surface area (Å²) in [6.45, 7) is 2.06. The van der Waals surface area contributed by atoms with Gasteiger partial charge in [0, 0.05) is 11.8 Å². The Morgan fingerprint density at radius 1 is 0.578 bits per heavy atom. The van der Waals surface area contributed by atoms with Crippen molar-refractivity contribution in [1.82, 2.24) is 9.55 Å². The Bertz CT molecular complexity index is 2960. The second kappa shape index (κ2) is 10.2. The molecule has 2 nitrogen and oxygen atoms in total. The number of aryl methyl sites for hydroxylation is 1. The number of benzene rings is 8. The highest BCUT2D eigenvalue weighted by molar-refractivity contribution is 6.24. The molecule has 0 unspecified atom stereocenters. The van der Waals surface area contributed by atoms with Crippen molar-refractivity contribution in [3.05, 3.63) is 157 Å². The first-order valence-electron chi connectivity index (χ1n) is 19.1. The van der Waals surface area contributed by atoms with Crippen LogP contribution in [0.3, 0.4) is 0 Å². The zero-order chi connectivity index (χ0) is 36.9. The second-order valence-electron chi connectivity index (χ2n) is 11.2. The lowest BCUT2D eigenvalue weighted by molar-refractivity contribution is 0.913. The summed E-state index contributed by atoms with van der Waals surface area (Å²) in [6.07, 6.45) is 0.683. The van der Waals surface area contributed by atoms with Crippen molar-refractivity contribution in [2.24, 2.45) is 0 Å². The van der Waals surface area contributed by atoms with Crippen LogP contribution in [-0.2, 0) is 6.42 Å². The molecule has 0 bridgehead atoms. The van der Waals surface area contributed by atoms with E-state index >= 15 is 0 Å². The first kappa shape index (κ1) is 18.8. The number of hydrogen-bond donors (Lipinski definition) is 0. The fourth-order valence-corrected chi connectivity index (χ4v) is 6.81. The molecule has 0 atom stereocenters. The minimum Gasteiger partial charge on any atom is -0.296 e. The molecule has 0 aliphatic rings. The Morgan fingerprint density at radius 2 is 1.20 bits per heavy atom. The number of nitrogens with zero attached hydrogens (tertiary/aromatic N) is 2. The van der Waals surface area contributed by atoms with Crippen LogP contribution in [0, 0.1) is 0 Å². The fraction of sp³-hybridized carbons (Fsp3) is 0.0465. The number of para-hydroxylation sites is 2. The van der Waals surface area contributed by atoms with Crippen LogP contribution >= 0.6 is 0 Å². The number of aromatic nitrogens is 2. The van der Waals surface area contributed by atoms with Gasteiger partial charge < -0.3 is 0 Å². The van der Waals surface area contributed by atoms with Crippen LogP contribution in [-0.4, -0.2) is 9.55 Å². The molecule has 8 aromatic carbocycles. The van der Waals surface area contributed by atoms with Gasteiger partial charge in [-0.15, -0.1) is 0 Å². The summed E-state index contributed by atoms with van der Waals surface area (Å²) in [5, 5.41) is 4.23. The van der Waals surface area contributed by atoms with Crippen LogP contribution in [0.5, 0.6) is 0 Å². The topological polar surface area (TPSA) is 17.8 Å². The van der Waals surface area contributed by atoms with Gasteiger partial charge in [-0.1, -0.05) is 134 Å². The lowest BCUT2D eigenvalue weighted by Crippen LogP contribution is -2.01. The van der Waals surface area contributed by atoms with Gasteiger partial charge in [-0.3, -0.25) is 4.57 Å². The summed E-state index contributed by atoms with van der Waals surface area (Å²) in [5.41, 5.74) is 4.52. The van der Waals surface area contributed by atoms with Gasteiger partial charge in [-0.25, -0.2) is 4.98 Å². The second-order valence-corrected chi connectivity index (χ2v) is 11.2. The van der Waals surface area contributed by atoms with E-state index in [1.165, 1.54) is 0 Å². The van der Waals surface area contributed by atoms with Gasteiger partial charge in [0.1, 0.15) is 5.82 Å². The molecular formula is C43H30N2. The van der Waals surface area contributed by atoms with Crippen molar-refractivity contribution in [3.8, 4) is 27.9 Å². The molecule has 2 heteroatoms. The summed E-state index contributed by atoms with van der Waals surface area (Å²) >= 11 is 0. The van der Waals surface area contributed by atoms with E-state index in [2.05, 4.69) is 11.5 Å². The summed E-state index contributed by atoms with van der Waals surface area (Å²) in [7, 11) is 0. The van der Waals surface area contributed by atoms with E-state index in [-0.39, 0.29) is 45.7 Å². The van der Waals surface area contributed by atoms with Gasteiger partial charge in [0.05, 0.1) is 27.7 Å². The van der Waals surface area contributed by atoms with Gasteiger partial charge in [0.2, 0.25) is 0 Å². The molecule has 0 radical (unpaired) electrons. The van der Waals surface area contributed by atoms with E-state index in [0.717, 1.165) is 44.1 Å². The highest BCUT2D eigenvalue weighted by atomic mass is 15.1. The minimum atomic E-state index is -0.424. The van der Waals surface area contributed by atoms with E-state index in [0.29, 0.717) is 28.7 Å². The lowest BCUT2D eigenvalue weighted by atomic mass is 9.84. The Labute approximate surface area is 273 Å². The molecule has 0 N–H and O–H groups in total. The molecule has 0 aliphatic carbocycles. The first-order chi connectivity index (χ1) is 25.6. The van der Waals surface area contributed by atoms with Gasteiger partial charge >= 0.3 is 0 Å². The Morgan fingerprint density at radius 3 is 1.93 bits per heavy atom. The van der Waals surface area contributed by atoms with E-state index in [1.807, 2.05) is 103 Å². The molecule has 0 aliphatic heterocycles. The third-order valence-corrected chi connectivity index (χ3v) is 8.77. The van der Waals surface area contributed by atoms with Crippen molar-refractivity contribution in [2.75, 3.05) is 0 Å². The Kier molecular flexibility index (Phi) is 4.26. The monoisotopic (exact) mass is 582 g/mol. The van der Waals surface area contributed by atoms with E-state index in [9.17, 15) is 5.48 Å². The molecule has 0 fully saturated rings. The molecule has 9 aromatic rings. The average molecular weight is 583 g/mol. The largest absolute Gasteiger partial charge is 0.296 e. The maximum atomic E-state index is 9.41. The zero-order valence-electron chi connectivity index (χ0n) is 32.4. The van der Waals surface area contributed by atoms with Crippen molar-refractivity contribution in [2.45, 2.75) is 13.3 Å². The smallest absolute Gasteiger partial charge is 0.114 e. The average Bonchev–Trinajstić information content (AvgIpc) is 3.57. The normalized spacial score (nSPS) is 14.2. The van der Waals surface area contributed by atoms with Crippen molar-refractivity contribution in [3.63, 3.8) is 0 Å². The molecule has 1 aromatic heterocycles. The summed E-state index contributed by atoms with van der Waals surface area (Å²) in [6, 6.07) is 30.3. The summed E-state index contributed by atoms with van der Waals surface area (Å²) < 4.78 is 75.0. The highest BCUT2D eigenvalue weighted by Crippen LogP contribution is 2.46. The predicted molar refractivity (Wildman–Crippen MR) is 191 cm³/mol. The van der Waals surface area contributed by atoms with Crippen LogP contribution in [0.1, 0.15) is 23.7 Å². The van der Waals surface area contributed by atoms with Crippen LogP contribution in [0.25, 0.3) is 82.1 Å². The van der Waals surface area contributed by atoms with Gasteiger partial charge in [0.25, 0.3) is 0 Å². The van der Waals surface area contributed by atoms with Crippen LogP contribution in [0.15, 0.2) is 151 Å². The molecule has 212 valence electrons. The maximum absolute atomic E-state index is 9.41. The molecule has 0 saturated heterocycles. The van der Waals surface area contributed by atoms with Crippen molar-refractivity contribution in [1.29, 1.82) is 0 Å². The van der Waals surface area contributed by atoms with Crippen LogP contribution in [0.4, 0.5) is 0 Å². The number of fused-ring (bicyclic) bond motifs is 5. The zero-order valence-corrected chi connectivity index (χ0v) is 24.4. The third kappa shape index (κ3) is 3.92. The summed E-state index contributed by atoms with van der Waals surface area (Å²) in [5.74, 6) is 0.878. The Balaban J connectivity index is 1.51. The quantitative estimate of drug-likeness (QED) is 0.189. The SMILES string of the molecule is [2H]c1c([2H])c([2H])c2c(-c3ccc(-n4c(CC)nc5ccccc54)c4ccccc34)c3c([2H])c([2H])c([2H])c([2H])c3c(-c3ccc4ccccc4c3)c2c1[2H]. The van der Waals surface area contributed by atoms with Gasteiger partial charge in [-0.2, -0.15) is 0 Å². The van der Waals surface area contributed by atoms with Gasteiger partial charge in [-0.05, 0) is 84.2 Å². The summed E-state index contributed by atoms with van der Waals surface area (Å²) in [4.78, 5) is 4.91. The van der Waals surface area contributed by atoms with E-state index < -0.39 is 24.2 Å². The standard InChI is InChI=1S/C43H30N2/c1-2-41-44-38-21-11-12-22-40(38)45(41)39-26-25-37(31-15-5-6-16-32(31)39)43-35-19-9-7-17-33(35)42(34-18-8-10-20-36(34)43)30-24-23-28-13-3-4-14-29(28)27-30/h3-27H,2H2,1H3/i7D,8D,9D,10D,17D,18D,19D,20D. The van der Waals surface area contributed by atoms with Crippen molar-refractivity contribution < 1.29 is 11.0 Å². The van der Waals surface area contributed by atoms with Crippen LogP contribution < -0.4 is 0 Å². The number of hydrogen-bond acceptors (Lipinski definition) is 1. The highest BCUT2D eigenvalue weighted by Gasteiger charge is 2.20. The maximum Gasteiger partial charge on any atom is 0.114 e. The van der Waals surface area contributed by atoms with Crippen molar-refractivity contribution >= 4 is 54.1 Å². The molecule has 45 heavy (non-hydrogen) atoms. The molecular weight excluding hydrogens is 544 g/mol. The molecule has 1 heterocycles. The molecule has 0 spiro atoms. The van der Waals surface area contributed by atoms with E-state index in [4.69, 9.17) is 10.5 Å². The predicted octanol–water partition coefficient (Wildman–Crippen LogP) is 11.5. The minimum absolute atomic E-state index is 0.192. The Hall–Kier alpha value is -5.73. The fourth-order valence-electron chi connectivity index (χ4n) is 6.81. The first-order valence-corrected chi connectivity index (χ1v) is 15.1. The molecule has 0 amide bonds. The van der Waals surface area contributed by atoms with Crippen LogP contribution in [0.2, 0.25) is 0 Å². The van der Waals surface area contributed by atoms with E-state index in [1.54, 1.807) is 0 Å².